The standard InChI is InChI=1S/C22H26ClN5O2/c1-22(2,3)30-21(29)25-16-9-12-27(13-10-16)20-18-8-11-24-14-19(18)28(26-20)17-6-4-15(23)5-7-17/h4-8,11,14,16H,9-10,12-13H2,1-3H3,(H,25,29). The number of carbonyl (C=O) groups excluding carboxylic acids is 1. The number of nitrogens with zero attached hydrogens (tertiary/aromatic N) is 4. The van der Waals surface area contributed by atoms with Gasteiger partial charge in [-0.25, -0.2) is 9.48 Å². The van der Waals surface area contributed by atoms with Crippen molar-refractivity contribution in [2.45, 2.75) is 45.3 Å². The fourth-order valence-electron chi connectivity index (χ4n) is 3.67. The van der Waals surface area contributed by atoms with Crippen LogP contribution in [0.5, 0.6) is 0 Å². The smallest absolute Gasteiger partial charge is 0.407 e. The van der Waals surface area contributed by atoms with Crippen molar-refractivity contribution in [2.24, 2.45) is 0 Å². The second kappa shape index (κ2) is 8.14. The maximum Gasteiger partial charge on any atom is 0.407 e. The lowest BCUT2D eigenvalue weighted by atomic mass is 10.1. The average Bonchev–Trinajstić information content (AvgIpc) is 3.07. The number of benzene rings is 1. The molecule has 4 rings (SSSR count). The molecular weight excluding hydrogens is 402 g/mol. The van der Waals surface area contributed by atoms with Crippen molar-refractivity contribution in [1.82, 2.24) is 20.1 Å². The summed E-state index contributed by atoms with van der Waals surface area (Å²) in [6.45, 7) is 7.20. The van der Waals surface area contributed by atoms with E-state index in [1.54, 1.807) is 6.20 Å². The Bertz CT molecular complexity index is 1030. The van der Waals surface area contributed by atoms with Gasteiger partial charge >= 0.3 is 6.09 Å². The Morgan fingerprint density at radius 2 is 1.87 bits per heavy atom. The average molecular weight is 428 g/mol. The summed E-state index contributed by atoms with van der Waals surface area (Å²) in [4.78, 5) is 18.6. The summed E-state index contributed by atoms with van der Waals surface area (Å²) in [5.74, 6) is 0.929. The Labute approximate surface area is 181 Å². The van der Waals surface area contributed by atoms with E-state index in [2.05, 4.69) is 15.2 Å². The minimum Gasteiger partial charge on any atom is -0.444 e. The first-order chi connectivity index (χ1) is 14.3. The molecule has 1 aliphatic heterocycles. The highest BCUT2D eigenvalue weighted by Crippen LogP contribution is 2.30. The van der Waals surface area contributed by atoms with Crippen LogP contribution in [-0.2, 0) is 4.74 Å². The van der Waals surface area contributed by atoms with Gasteiger partial charge in [-0.05, 0) is 63.9 Å². The van der Waals surface area contributed by atoms with E-state index < -0.39 is 5.60 Å². The van der Waals surface area contributed by atoms with Gasteiger partial charge in [0.2, 0.25) is 0 Å². The molecular formula is C22H26ClN5O2. The summed E-state index contributed by atoms with van der Waals surface area (Å²) in [5.41, 5.74) is 1.39. The van der Waals surface area contributed by atoms with E-state index in [1.807, 2.05) is 62.0 Å². The van der Waals surface area contributed by atoms with Gasteiger partial charge < -0.3 is 15.0 Å². The van der Waals surface area contributed by atoms with Gasteiger partial charge in [0.25, 0.3) is 0 Å². The summed E-state index contributed by atoms with van der Waals surface area (Å²) in [7, 11) is 0. The number of alkyl carbamates (subject to hydrolysis) is 1. The normalized spacial score (nSPS) is 15.4. The molecule has 1 N–H and O–H groups in total. The summed E-state index contributed by atoms with van der Waals surface area (Å²) in [6.07, 6.45) is 4.93. The third-order valence-corrected chi connectivity index (χ3v) is 5.30. The zero-order valence-corrected chi connectivity index (χ0v) is 18.2. The lowest BCUT2D eigenvalue weighted by Crippen LogP contribution is -2.46. The van der Waals surface area contributed by atoms with E-state index in [0.29, 0.717) is 5.02 Å². The molecule has 1 saturated heterocycles. The highest BCUT2D eigenvalue weighted by molar-refractivity contribution is 6.30. The molecule has 158 valence electrons. The molecule has 1 aliphatic rings. The number of ether oxygens (including phenoxy) is 1. The molecule has 1 amide bonds. The van der Waals surface area contributed by atoms with Gasteiger partial charge in [0.05, 0.1) is 17.4 Å². The van der Waals surface area contributed by atoms with Gasteiger partial charge in [-0.15, -0.1) is 5.10 Å². The fraction of sp³-hybridized carbons (Fsp3) is 0.409. The Morgan fingerprint density at radius 3 is 2.53 bits per heavy atom. The van der Waals surface area contributed by atoms with Gasteiger partial charge in [0.1, 0.15) is 5.60 Å². The molecule has 1 aromatic carbocycles. The third kappa shape index (κ3) is 4.51. The SMILES string of the molecule is CC(C)(C)OC(=O)NC1CCN(c2nn(-c3ccc(Cl)cc3)c3cnccc23)CC1. The molecule has 30 heavy (non-hydrogen) atoms. The first-order valence-electron chi connectivity index (χ1n) is 10.1. The minimum absolute atomic E-state index is 0.0994. The number of nitrogens with one attached hydrogen (secondary N) is 1. The Hall–Kier alpha value is -2.80. The predicted octanol–water partition coefficient (Wildman–Crippen LogP) is 4.57. The van der Waals surface area contributed by atoms with Crippen LogP contribution in [-0.4, -0.2) is 45.6 Å². The van der Waals surface area contributed by atoms with E-state index in [4.69, 9.17) is 21.4 Å². The maximum absolute atomic E-state index is 12.1. The monoisotopic (exact) mass is 427 g/mol. The summed E-state index contributed by atoms with van der Waals surface area (Å²) in [5, 5.41) is 9.62. The second-order valence-corrected chi connectivity index (χ2v) is 8.95. The first-order valence-corrected chi connectivity index (χ1v) is 10.5. The van der Waals surface area contributed by atoms with Crippen molar-refractivity contribution in [3.8, 4) is 5.69 Å². The molecule has 3 heterocycles. The summed E-state index contributed by atoms with van der Waals surface area (Å²) < 4.78 is 7.28. The highest BCUT2D eigenvalue weighted by atomic mass is 35.5. The van der Waals surface area contributed by atoms with Crippen LogP contribution >= 0.6 is 11.6 Å². The van der Waals surface area contributed by atoms with Crippen molar-refractivity contribution in [3.63, 3.8) is 0 Å². The van der Waals surface area contributed by atoms with Gasteiger partial charge in [-0.2, -0.15) is 0 Å². The molecule has 8 heteroatoms. The number of piperidine rings is 1. The van der Waals surface area contributed by atoms with Crippen LogP contribution in [0.4, 0.5) is 10.6 Å². The van der Waals surface area contributed by atoms with E-state index in [1.165, 1.54) is 0 Å². The van der Waals surface area contributed by atoms with Crippen molar-refractivity contribution in [1.29, 1.82) is 0 Å². The number of anilines is 1. The number of amides is 1. The van der Waals surface area contributed by atoms with Crippen LogP contribution in [0, 0.1) is 0 Å². The van der Waals surface area contributed by atoms with E-state index >= 15 is 0 Å². The number of hydrogen-bond donors (Lipinski definition) is 1. The lowest BCUT2D eigenvalue weighted by Gasteiger charge is -2.33. The predicted molar refractivity (Wildman–Crippen MR) is 118 cm³/mol. The van der Waals surface area contributed by atoms with E-state index in [0.717, 1.165) is 48.3 Å². The largest absolute Gasteiger partial charge is 0.444 e. The number of carbonyl (C=O) groups is 1. The Balaban J connectivity index is 1.51. The number of pyridine rings is 1. The number of aromatic nitrogens is 3. The first kappa shape index (κ1) is 20.5. The molecule has 0 radical (unpaired) electrons. The lowest BCUT2D eigenvalue weighted by molar-refractivity contribution is 0.0497. The molecule has 0 bridgehead atoms. The Kier molecular flexibility index (Phi) is 5.56. The molecule has 2 aromatic heterocycles. The second-order valence-electron chi connectivity index (χ2n) is 8.51. The molecule has 1 fully saturated rings. The van der Waals surface area contributed by atoms with Crippen molar-refractivity contribution in [3.05, 3.63) is 47.7 Å². The fourth-order valence-corrected chi connectivity index (χ4v) is 3.79. The van der Waals surface area contributed by atoms with Gasteiger partial charge in [0.15, 0.2) is 5.82 Å². The van der Waals surface area contributed by atoms with E-state index in [-0.39, 0.29) is 12.1 Å². The van der Waals surface area contributed by atoms with Gasteiger partial charge in [-0.3, -0.25) is 4.98 Å². The Morgan fingerprint density at radius 1 is 1.17 bits per heavy atom. The molecule has 7 nitrogen and oxygen atoms in total. The molecule has 0 spiro atoms. The highest BCUT2D eigenvalue weighted by Gasteiger charge is 2.26. The number of rotatable bonds is 3. The van der Waals surface area contributed by atoms with Crippen LogP contribution in [0.2, 0.25) is 5.02 Å². The van der Waals surface area contributed by atoms with Crippen LogP contribution in [0.1, 0.15) is 33.6 Å². The summed E-state index contributed by atoms with van der Waals surface area (Å²) >= 11 is 6.04. The molecule has 0 unspecified atom stereocenters. The zero-order chi connectivity index (χ0) is 21.3. The topological polar surface area (TPSA) is 72.3 Å². The minimum atomic E-state index is -0.494. The van der Waals surface area contributed by atoms with Gasteiger partial charge in [0, 0.05) is 35.7 Å². The maximum atomic E-state index is 12.1. The number of halogens is 1. The van der Waals surface area contributed by atoms with Gasteiger partial charge in [-0.1, -0.05) is 11.6 Å². The number of fused-ring (bicyclic) bond motifs is 1. The summed E-state index contributed by atoms with van der Waals surface area (Å²) in [6, 6.07) is 9.70. The molecule has 0 aliphatic carbocycles. The van der Waals surface area contributed by atoms with Crippen LogP contribution < -0.4 is 10.2 Å². The van der Waals surface area contributed by atoms with Crippen LogP contribution in [0.15, 0.2) is 42.7 Å². The zero-order valence-electron chi connectivity index (χ0n) is 17.4. The van der Waals surface area contributed by atoms with Crippen LogP contribution in [0.25, 0.3) is 16.6 Å². The molecule has 0 saturated carbocycles. The molecule has 0 atom stereocenters. The number of hydrogen-bond acceptors (Lipinski definition) is 5. The van der Waals surface area contributed by atoms with Crippen molar-refractivity contribution < 1.29 is 9.53 Å². The van der Waals surface area contributed by atoms with Crippen LogP contribution in [0.3, 0.4) is 0 Å². The van der Waals surface area contributed by atoms with Crippen molar-refractivity contribution in [2.75, 3.05) is 18.0 Å². The quantitative estimate of drug-likeness (QED) is 0.663. The van der Waals surface area contributed by atoms with E-state index in [9.17, 15) is 4.79 Å². The third-order valence-electron chi connectivity index (χ3n) is 5.05. The molecule has 3 aromatic rings. The van der Waals surface area contributed by atoms with Crippen molar-refractivity contribution >= 4 is 34.4 Å².